The molecule has 2 aromatic rings. The maximum absolute atomic E-state index is 4.35. The first-order valence-corrected chi connectivity index (χ1v) is 10.8. The van der Waals surface area contributed by atoms with Crippen molar-refractivity contribution in [3.63, 3.8) is 0 Å². The van der Waals surface area contributed by atoms with Crippen LogP contribution in [0.4, 0.5) is 5.95 Å². The number of anilines is 1. The van der Waals surface area contributed by atoms with E-state index in [2.05, 4.69) is 59.8 Å². The Balaban J connectivity index is 1.30. The van der Waals surface area contributed by atoms with E-state index in [1.807, 2.05) is 24.5 Å². The lowest BCUT2D eigenvalue weighted by Crippen LogP contribution is -2.50. The van der Waals surface area contributed by atoms with E-state index in [0.717, 1.165) is 64.1 Å². The Kier molecular flexibility index (Phi) is 8.05. The molecule has 0 radical (unpaired) electrons. The fourth-order valence-corrected chi connectivity index (χ4v) is 4.16. The summed E-state index contributed by atoms with van der Waals surface area (Å²) in [5.74, 6) is 2.29. The van der Waals surface area contributed by atoms with E-state index >= 15 is 0 Å². The van der Waals surface area contributed by atoms with Gasteiger partial charge in [0.2, 0.25) is 5.95 Å². The molecule has 7 nitrogen and oxygen atoms in total. The zero-order valence-corrected chi connectivity index (χ0v) is 17.7. The molecule has 1 unspecified atom stereocenters. The van der Waals surface area contributed by atoms with E-state index in [9.17, 15) is 0 Å². The Morgan fingerprint density at radius 1 is 1.18 bits per heavy atom. The van der Waals surface area contributed by atoms with Gasteiger partial charge in [-0.2, -0.15) is 0 Å². The first-order chi connectivity index (χ1) is 13.7. The molecule has 1 atom stereocenters. The summed E-state index contributed by atoms with van der Waals surface area (Å²) < 4.78 is 0. The standard InChI is InChI=1S/C20H31N7S/c1-17(15-18-5-3-14-28-18)16-25-19(21-2)22-8-9-26-10-12-27(13-11-26)20-23-6-4-7-24-20/h3-7,14,17H,8-13,15-16H2,1-2H3,(H2,21,22,25). The molecule has 2 N–H and O–H groups in total. The molecule has 0 bridgehead atoms. The molecule has 0 amide bonds. The van der Waals surface area contributed by atoms with Gasteiger partial charge in [0.25, 0.3) is 0 Å². The van der Waals surface area contributed by atoms with Crippen molar-refractivity contribution in [2.45, 2.75) is 13.3 Å². The molecule has 1 aliphatic heterocycles. The zero-order valence-electron chi connectivity index (χ0n) is 16.8. The first-order valence-electron chi connectivity index (χ1n) is 9.96. The number of hydrogen-bond acceptors (Lipinski definition) is 6. The highest BCUT2D eigenvalue weighted by Gasteiger charge is 2.18. The zero-order chi connectivity index (χ0) is 19.6. The summed E-state index contributed by atoms with van der Waals surface area (Å²) in [6.45, 7) is 9.10. The molecule has 8 heteroatoms. The maximum Gasteiger partial charge on any atom is 0.225 e. The van der Waals surface area contributed by atoms with Crippen molar-refractivity contribution in [2.24, 2.45) is 10.9 Å². The third kappa shape index (κ3) is 6.45. The van der Waals surface area contributed by atoms with E-state index < -0.39 is 0 Å². The number of nitrogens with zero attached hydrogens (tertiary/aromatic N) is 5. The second kappa shape index (κ2) is 11.0. The van der Waals surface area contributed by atoms with Gasteiger partial charge in [0.05, 0.1) is 0 Å². The SMILES string of the molecule is CN=C(NCCN1CCN(c2ncccn2)CC1)NCC(C)Cc1cccs1. The highest BCUT2D eigenvalue weighted by atomic mass is 32.1. The first kappa shape index (κ1) is 20.5. The average Bonchev–Trinajstić information content (AvgIpc) is 3.24. The minimum absolute atomic E-state index is 0.575. The van der Waals surface area contributed by atoms with E-state index in [1.54, 1.807) is 12.4 Å². The lowest BCUT2D eigenvalue weighted by molar-refractivity contribution is 0.260. The third-order valence-electron chi connectivity index (χ3n) is 4.90. The van der Waals surface area contributed by atoms with E-state index in [1.165, 1.54) is 4.88 Å². The fraction of sp³-hybridized carbons (Fsp3) is 0.550. The second-order valence-corrected chi connectivity index (χ2v) is 8.18. The Labute approximate surface area is 171 Å². The lowest BCUT2D eigenvalue weighted by atomic mass is 10.1. The van der Waals surface area contributed by atoms with Gasteiger partial charge in [0.15, 0.2) is 5.96 Å². The number of rotatable bonds is 8. The van der Waals surface area contributed by atoms with Crippen LogP contribution in [0.2, 0.25) is 0 Å². The summed E-state index contributed by atoms with van der Waals surface area (Å²) >= 11 is 1.83. The third-order valence-corrected chi connectivity index (χ3v) is 5.80. The Morgan fingerprint density at radius 2 is 1.96 bits per heavy atom. The fourth-order valence-electron chi connectivity index (χ4n) is 3.29. The van der Waals surface area contributed by atoms with Gasteiger partial charge in [-0.3, -0.25) is 9.89 Å². The number of hydrogen-bond donors (Lipinski definition) is 2. The summed E-state index contributed by atoms with van der Waals surface area (Å²) in [7, 11) is 1.83. The van der Waals surface area contributed by atoms with Crippen LogP contribution in [0.5, 0.6) is 0 Å². The van der Waals surface area contributed by atoms with Gasteiger partial charge in [-0.1, -0.05) is 13.0 Å². The van der Waals surface area contributed by atoms with Crippen LogP contribution in [0.1, 0.15) is 11.8 Å². The van der Waals surface area contributed by atoms with Crippen molar-refractivity contribution in [3.8, 4) is 0 Å². The number of guanidine groups is 1. The molecule has 0 spiro atoms. The van der Waals surface area contributed by atoms with Gasteiger partial charge in [0.1, 0.15) is 0 Å². The summed E-state index contributed by atoms with van der Waals surface area (Å²) in [6.07, 6.45) is 4.72. The number of aromatic nitrogens is 2. The smallest absolute Gasteiger partial charge is 0.225 e. The van der Waals surface area contributed by atoms with Gasteiger partial charge in [-0.05, 0) is 29.9 Å². The van der Waals surface area contributed by atoms with Crippen molar-refractivity contribution in [3.05, 3.63) is 40.8 Å². The molecular formula is C20H31N7S. The molecule has 28 heavy (non-hydrogen) atoms. The van der Waals surface area contributed by atoms with Crippen LogP contribution in [0.15, 0.2) is 41.0 Å². The Hall–Kier alpha value is -2.19. The van der Waals surface area contributed by atoms with Crippen molar-refractivity contribution < 1.29 is 0 Å². The van der Waals surface area contributed by atoms with Crippen molar-refractivity contribution in [1.29, 1.82) is 0 Å². The number of piperazine rings is 1. The largest absolute Gasteiger partial charge is 0.356 e. The van der Waals surface area contributed by atoms with Crippen LogP contribution < -0.4 is 15.5 Å². The van der Waals surface area contributed by atoms with Crippen molar-refractivity contribution >= 4 is 23.2 Å². The minimum Gasteiger partial charge on any atom is -0.356 e. The summed E-state index contributed by atoms with van der Waals surface area (Å²) in [5.41, 5.74) is 0. The molecule has 152 valence electrons. The van der Waals surface area contributed by atoms with Crippen LogP contribution in [0, 0.1) is 5.92 Å². The van der Waals surface area contributed by atoms with Gasteiger partial charge < -0.3 is 15.5 Å². The quantitative estimate of drug-likeness (QED) is 0.518. The van der Waals surface area contributed by atoms with Crippen LogP contribution in [0.25, 0.3) is 0 Å². The van der Waals surface area contributed by atoms with Gasteiger partial charge in [-0.15, -0.1) is 11.3 Å². The molecule has 1 fully saturated rings. The van der Waals surface area contributed by atoms with Crippen molar-refractivity contribution in [1.82, 2.24) is 25.5 Å². The van der Waals surface area contributed by atoms with Crippen LogP contribution in [0.3, 0.4) is 0 Å². The molecule has 1 aliphatic rings. The molecular weight excluding hydrogens is 370 g/mol. The molecule has 3 heterocycles. The lowest BCUT2D eigenvalue weighted by Gasteiger charge is -2.34. The molecule has 0 saturated carbocycles. The Bertz CT molecular complexity index is 697. The van der Waals surface area contributed by atoms with Gasteiger partial charge in [-0.25, -0.2) is 9.97 Å². The highest BCUT2D eigenvalue weighted by molar-refractivity contribution is 7.09. The number of aliphatic imine (C=N–C) groups is 1. The van der Waals surface area contributed by atoms with Gasteiger partial charge >= 0.3 is 0 Å². The van der Waals surface area contributed by atoms with Gasteiger partial charge in [0, 0.05) is 70.1 Å². The molecule has 0 aliphatic carbocycles. The molecule has 2 aromatic heterocycles. The van der Waals surface area contributed by atoms with E-state index in [4.69, 9.17) is 0 Å². The topological polar surface area (TPSA) is 68.7 Å². The second-order valence-electron chi connectivity index (χ2n) is 7.15. The van der Waals surface area contributed by atoms with Crippen molar-refractivity contribution in [2.75, 3.05) is 57.8 Å². The predicted octanol–water partition coefficient (Wildman–Crippen LogP) is 1.70. The van der Waals surface area contributed by atoms with Crippen LogP contribution in [-0.4, -0.2) is 73.7 Å². The maximum atomic E-state index is 4.35. The highest BCUT2D eigenvalue weighted by Crippen LogP contribution is 2.13. The van der Waals surface area contributed by atoms with Crippen LogP contribution in [-0.2, 0) is 6.42 Å². The van der Waals surface area contributed by atoms with Crippen LogP contribution >= 0.6 is 11.3 Å². The number of nitrogens with one attached hydrogen (secondary N) is 2. The normalized spacial score (nSPS) is 16.8. The summed E-state index contributed by atoms with van der Waals surface area (Å²) in [5, 5.41) is 9.03. The van der Waals surface area contributed by atoms with E-state index in [-0.39, 0.29) is 0 Å². The monoisotopic (exact) mass is 401 g/mol. The summed E-state index contributed by atoms with van der Waals surface area (Å²) in [6, 6.07) is 6.18. The minimum atomic E-state index is 0.575. The average molecular weight is 402 g/mol. The molecule has 0 aromatic carbocycles. The summed E-state index contributed by atoms with van der Waals surface area (Å²) in [4.78, 5) is 19.2. The van der Waals surface area contributed by atoms with E-state index in [0.29, 0.717) is 5.92 Å². The Morgan fingerprint density at radius 3 is 2.64 bits per heavy atom. The molecule has 1 saturated heterocycles. The predicted molar refractivity (Wildman–Crippen MR) is 117 cm³/mol. The molecule has 3 rings (SSSR count). The number of thiophene rings is 1.